The molecular formula is C20H24N2O4S. The monoisotopic (exact) mass is 388 g/mol. The van der Waals surface area contributed by atoms with E-state index < -0.39 is 10.0 Å². The van der Waals surface area contributed by atoms with Crippen LogP contribution in [0, 0.1) is 6.92 Å². The Hall–Kier alpha value is -2.38. The van der Waals surface area contributed by atoms with Gasteiger partial charge in [0.2, 0.25) is 0 Å². The number of nitrogens with zero attached hydrogens (tertiary/aromatic N) is 2. The van der Waals surface area contributed by atoms with E-state index in [-0.39, 0.29) is 10.8 Å². The molecule has 1 saturated heterocycles. The molecule has 7 heteroatoms. The Kier molecular flexibility index (Phi) is 5.82. The number of hydrogen-bond acceptors (Lipinski definition) is 4. The third-order valence-electron chi connectivity index (χ3n) is 4.63. The van der Waals surface area contributed by atoms with Gasteiger partial charge in [-0.15, -0.1) is 0 Å². The molecule has 0 radical (unpaired) electrons. The number of carbonyl (C=O) groups excluding carboxylic acids is 1. The van der Waals surface area contributed by atoms with Gasteiger partial charge in [-0.25, -0.2) is 8.42 Å². The number of morpholine rings is 1. The van der Waals surface area contributed by atoms with Crippen LogP contribution in [0.5, 0.6) is 0 Å². The third kappa shape index (κ3) is 3.99. The van der Waals surface area contributed by atoms with Crippen LogP contribution in [0.1, 0.15) is 22.8 Å². The number of anilines is 1. The minimum atomic E-state index is -3.78. The summed E-state index contributed by atoms with van der Waals surface area (Å²) in [4.78, 5) is 14.6. The second-order valence-corrected chi connectivity index (χ2v) is 8.22. The lowest BCUT2D eigenvalue weighted by molar-refractivity contribution is 0.0302. The van der Waals surface area contributed by atoms with E-state index >= 15 is 0 Å². The van der Waals surface area contributed by atoms with Crippen LogP contribution in [0.25, 0.3) is 0 Å². The summed E-state index contributed by atoms with van der Waals surface area (Å²) < 4.78 is 33.3. The largest absolute Gasteiger partial charge is 0.378 e. The number of carbonyl (C=O) groups is 1. The SMILES string of the molecule is CCN(c1ccccc1)S(=O)(=O)c1cc(C(=O)N2CCOCC2)ccc1C. The maximum absolute atomic E-state index is 13.3. The van der Waals surface area contributed by atoms with Crippen molar-refractivity contribution in [2.75, 3.05) is 37.2 Å². The Balaban J connectivity index is 1.98. The van der Waals surface area contributed by atoms with Crippen LogP contribution in [-0.4, -0.2) is 52.1 Å². The van der Waals surface area contributed by atoms with Gasteiger partial charge in [-0.2, -0.15) is 0 Å². The van der Waals surface area contributed by atoms with E-state index in [0.29, 0.717) is 49.7 Å². The highest BCUT2D eigenvalue weighted by molar-refractivity contribution is 7.92. The van der Waals surface area contributed by atoms with Crippen molar-refractivity contribution in [2.45, 2.75) is 18.7 Å². The zero-order valence-corrected chi connectivity index (χ0v) is 16.4. The zero-order valence-electron chi connectivity index (χ0n) is 15.6. The van der Waals surface area contributed by atoms with Crippen LogP contribution >= 0.6 is 0 Å². The lowest BCUT2D eigenvalue weighted by Gasteiger charge is -2.27. The van der Waals surface area contributed by atoms with Crippen LogP contribution in [0.4, 0.5) is 5.69 Å². The number of benzene rings is 2. The molecule has 2 aromatic carbocycles. The summed E-state index contributed by atoms with van der Waals surface area (Å²) >= 11 is 0. The molecular weight excluding hydrogens is 364 g/mol. The summed E-state index contributed by atoms with van der Waals surface area (Å²) in [5.74, 6) is -0.169. The molecule has 1 amide bonds. The number of amides is 1. The second kappa shape index (κ2) is 8.10. The molecule has 0 spiro atoms. The normalized spacial score (nSPS) is 14.8. The van der Waals surface area contributed by atoms with Gasteiger partial charge in [0.25, 0.3) is 15.9 Å². The van der Waals surface area contributed by atoms with Crippen LogP contribution in [-0.2, 0) is 14.8 Å². The summed E-state index contributed by atoms with van der Waals surface area (Å²) in [6.07, 6.45) is 0. The molecule has 27 heavy (non-hydrogen) atoms. The third-order valence-corrected chi connectivity index (χ3v) is 6.68. The average Bonchev–Trinajstić information content (AvgIpc) is 2.69. The highest BCUT2D eigenvalue weighted by Gasteiger charge is 2.27. The van der Waals surface area contributed by atoms with E-state index in [9.17, 15) is 13.2 Å². The fourth-order valence-corrected chi connectivity index (χ4v) is 4.89. The molecule has 0 aromatic heterocycles. The number of aryl methyl sites for hydroxylation is 1. The van der Waals surface area contributed by atoms with Gasteiger partial charge in [0.05, 0.1) is 23.8 Å². The molecule has 1 aliphatic heterocycles. The highest BCUT2D eigenvalue weighted by atomic mass is 32.2. The first-order valence-corrected chi connectivity index (χ1v) is 10.4. The summed E-state index contributed by atoms with van der Waals surface area (Å²) in [6, 6.07) is 13.9. The van der Waals surface area contributed by atoms with Gasteiger partial charge in [0.1, 0.15) is 0 Å². The summed E-state index contributed by atoms with van der Waals surface area (Å²) in [5.41, 5.74) is 1.59. The summed E-state index contributed by atoms with van der Waals surface area (Å²) in [5, 5.41) is 0. The number of para-hydroxylation sites is 1. The van der Waals surface area contributed by atoms with Gasteiger partial charge in [0, 0.05) is 25.2 Å². The lowest BCUT2D eigenvalue weighted by Crippen LogP contribution is -2.40. The van der Waals surface area contributed by atoms with E-state index in [1.807, 2.05) is 6.07 Å². The number of sulfonamides is 1. The Labute approximate surface area is 160 Å². The fourth-order valence-electron chi connectivity index (χ4n) is 3.16. The lowest BCUT2D eigenvalue weighted by atomic mass is 10.1. The predicted octanol–water partition coefficient (Wildman–Crippen LogP) is 2.68. The van der Waals surface area contributed by atoms with Crippen molar-refractivity contribution < 1.29 is 17.9 Å². The van der Waals surface area contributed by atoms with Crippen molar-refractivity contribution >= 4 is 21.6 Å². The van der Waals surface area contributed by atoms with Crippen LogP contribution in [0.3, 0.4) is 0 Å². The Morgan fingerprint density at radius 2 is 1.78 bits per heavy atom. The minimum Gasteiger partial charge on any atom is -0.378 e. The molecule has 0 saturated carbocycles. The first-order valence-electron chi connectivity index (χ1n) is 9.00. The second-order valence-electron chi connectivity index (χ2n) is 6.39. The molecule has 0 aliphatic carbocycles. The maximum atomic E-state index is 13.3. The van der Waals surface area contributed by atoms with Gasteiger partial charge in [-0.1, -0.05) is 24.3 Å². The van der Waals surface area contributed by atoms with Crippen molar-refractivity contribution in [3.05, 3.63) is 59.7 Å². The topological polar surface area (TPSA) is 66.9 Å². The van der Waals surface area contributed by atoms with Crippen LogP contribution in [0.2, 0.25) is 0 Å². The van der Waals surface area contributed by atoms with E-state index in [2.05, 4.69) is 0 Å². The van der Waals surface area contributed by atoms with Crippen LogP contribution < -0.4 is 4.31 Å². The molecule has 144 valence electrons. The maximum Gasteiger partial charge on any atom is 0.264 e. The molecule has 1 aliphatic rings. The van der Waals surface area contributed by atoms with Gasteiger partial charge in [0.15, 0.2) is 0 Å². The molecule has 0 N–H and O–H groups in total. The quantitative estimate of drug-likeness (QED) is 0.790. The molecule has 1 heterocycles. The Morgan fingerprint density at radius 3 is 2.41 bits per heavy atom. The average molecular weight is 388 g/mol. The smallest absolute Gasteiger partial charge is 0.264 e. The molecule has 3 rings (SSSR count). The van der Waals surface area contributed by atoms with Crippen molar-refractivity contribution in [2.24, 2.45) is 0 Å². The van der Waals surface area contributed by atoms with Crippen molar-refractivity contribution in [3.63, 3.8) is 0 Å². The Morgan fingerprint density at radius 1 is 1.11 bits per heavy atom. The van der Waals surface area contributed by atoms with Crippen LogP contribution in [0.15, 0.2) is 53.4 Å². The molecule has 6 nitrogen and oxygen atoms in total. The molecule has 0 bridgehead atoms. The zero-order chi connectivity index (χ0) is 19.4. The summed E-state index contributed by atoms with van der Waals surface area (Å²) in [7, 11) is -3.78. The molecule has 1 fully saturated rings. The van der Waals surface area contributed by atoms with Crippen molar-refractivity contribution in [3.8, 4) is 0 Å². The minimum absolute atomic E-state index is 0.160. The van der Waals surface area contributed by atoms with Crippen molar-refractivity contribution in [1.29, 1.82) is 0 Å². The van der Waals surface area contributed by atoms with Crippen molar-refractivity contribution in [1.82, 2.24) is 4.90 Å². The number of ether oxygens (including phenoxy) is 1. The van der Waals surface area contributed by atoms with Gasteiger partial charge < -0.3 is 9.64 Å². The van der Waals surface area contributed by atoms with E-state index in [0.717, 1.165) is 0 Å². The number of hydrogen-bond donors (Lipinski definition) is 0. The van der Waals surface area contributed by atoms with E-state index in [1.165, 1.54) is 10.4 Å². The first-order chi connectivity index (χ1) is 12.9. The molecule has 0 unspecified atom stereocenters. The molecule has 0 atom stereocenters. The first kappa shape index (κ1) is 19.4. The van der Waals surface area contributed by atoms with Gasteiger partial charge >= 0.3 is 0 Å². The number of rotatable bonds is 5. The molecule has 2 aromatic rings. The fraction of sp³-hybridized carbons (Fsp3) is 0.350. The standard InChI is InChI=1S/C20H24N2O4S/c1-3-22(18-7-5-4-6-8-18)27(24,25)19-15-17(10-9-16(19)2)20(23)21-11-13-26-14-12-21/h4-10,15H,3,11-14H2,1-2H3. The van der Waals surface area contributed by atoms with E-state index in [1.54, 1.807) is 55.1 Å². The highest BCUT2D eigenvalue weighted by Crippen LogP contribution is 2.26. The summed E-state index contributed by atoms with van der Waals surface area (Å²) in [6.45, 7) is 5.87. The van der Waals surface area contributed by atoms with Gasteiger partial charge in [-0.3, -0.25) is 9.10 Å². The predicted molar refractivity (Wildman–Crippen MR) is 105 cm³/mol. The van der Waals surface area contributed by atoms with E-state index in [4.69, 9.17) is 4.74 Å². The van der Waals surface area contributed by atoms with Gasteiger partial charge in [-0.05, 0) is 43.7 Å². The Bertz CT molecular complexity index is 907.